The maximum atomic E-state index is 12.6. The maximum Gasteiger partial charge on any atom is 0.295 e. The van der Waals surface area contributed by atoms with Crippen LogP contribution in [0.25, 0.3) is 22.3 Å². The Morgan fingerprint density at radius 1 is 0.971 bits per heavy atom. The minimum Gasteiger partial charge on any atom is -0.493 e. The predicted molar refractivity (Wildman–Crippen MR) is 127 cm³/mol. The summed E-state index contributed by atoms with van der Waals surface area (Å²) in [6.07, 6.45) is 0. The summed E-state index contributed by atoms with van der Waals surface area (Å²) >= 11 is 0. The maximum absolute atomic E-state index is 12.6. The van der Waals surface area contributed by atoms with Gasteiger partial charge in [-0.1, -0.05) is 60.7 Å². The summed E-state index contributed by atoms with van der Waals surface area (Å²) in [5, 5.41) is 31.8. The van der Waals surface area contributed by atoms with Gasteiger partial charge in [-0.3, -0.25) is 4.79 Å². The molecule has 0 radical (unpaired) electrons. The van der Waals surface area contributed by atoms with Gasteiger partial charge in [0, 0.05) is 23.1 Å². The molecule has 0 saturated carbocycles. The molecule has 168 valence electrons. The number of fused-ring (bicyclic) bond motifs is 1. The summed E-state index contributed by atoms with van der Waals surface area (Å²) in [5.74, 6) is 0.0517. The number of tetrazole rings is 1. The third kappa shape index (κ3) is 4.06. The number of para-hydroxylation sites is 1. The Hall–Kier alpha value is -4.66. The van der Waals surface area contributed by atoms with Crippen molar-refractivity contribution in [3.63, 3.8) is 0 Å². The molecule has 0 aliphatic rings. The van der Waals surface area contributed by atoms with Gasteiger partial charge in [0.1, 0.15) is 0 Å². The van der Waals surface area contributed by atoms with Crippen LogP contribution in [0.3, 0.4) is 0 Å². The molecule has 0 unspecified atom stereocenters. The Bertz CT molecular complexity index is 1490. The van der Waals surface area contributed by atoms with Gasteiger partial charge in [0.05, 0.1) is 12.1 Å². The van der Waals surface area contributed by atoms with Crippen LogP contribution in [0, 0.1) is 0 Å². The Morgan fingerprint density at radius 3 is 2.47 bits per heavy atom. The van der Waals surface area contributed by atoms with Gasteiger partial charge in [0.15, 0.2) is 5.69 Å². The summed E-state index contributed by atoms with van der Waals surface area (Å²) in [4.78, 5) is 14.1. The van der Waals surface area contributed by atoms with E-state index in [-0.39, 0.29) is 11.6 Å². The highest BCUT2D eigenvalue weighted by molar-refractivity contribution is 5.97. The molecule has 0 atom stereocenters. The molecule has 0 saturated heterocycles. The largest absolute Gasteiger partial charge is 0.493 e. The van der Waals surface area contributed by atoms with Crippen molar-refractivity contribution < 1.29 is 9.90 Å². The van der Waals surface area contributed by atoms with Gasteiger partial charge in [0.2, 0.25) is 11.7 Å². The van der Waals surface area contributed by atoms with Gasteiger partial charge in [-0.15, -0.1) is 20.4 Å². The van der Waals surface area contributed by atoms with E-state index in [1.54, 1.807) is 16.7 Å². The smallest absolute Gasteiger partial charge is 0.295 e. The van der Waals surface area contributed by atoms with Crippen LogP contribution in [0.5, 0.6) is 5.88 Å². The molecule has 3 aromatic carbocycles. The highest BCUT2D eigenvalue weighted by Gasteiger charge is 2.16. The number of aromatic nitrogens is 5. The van der Waals surface area contributed by atoms with Crippen molar-refractivity contribution in [2.24, 2.45) is 10.2 Å². The van der Waals surface area contributed by atoms with E-state index in [0.717, 1.165) is 22.0 Å². The third-order valence-electron chi connectivity index (χ3n) is 5.48. The molecule has 0 bridgehead atoms. The minimum absolute atomic E-state index is 0.00852. The van der Waals surface area contributed by atoms with Crippen LogP contribution in [0.15, 0.2) is 89.1 Å². The second-order valence-electron chi connectivity index (χ2n) is 7.65. The molecule has 0 fully saturated rings. The molecule has 5 aromatic rings. The summed E-state index contributed by atoms with van der Waals surface area (Å²) in [6, 6.07) is 24.1. The van der Waals surface area contributed by atoms with E-state index in [1.807, 2.05) is 73.7 Å². The molecule has 0 spiro atoms. The van der Waals surface area contributed by atoms with Crippen molar-refractivity contribution >= 4 is 22.5 Å². The molecule has 34 heavy (non-hydrogen) atoms. The highest BCUT2D eigenvalue weighted by Crippen LogP contribution is 2.38. The number of hydrogen-bond donors (Lipinski definition) is 1. The molecular weight excluding hydrogens is 430 g/mol. The summed E-state index contributed by atoms with van der Waals surface area (Å²) in [6.45, 7) is 2.92. The van der Waals surface area contributed by atoms with Crippen molar-refractivity contribution in [1.29, 1.82) is 0 Å². The first-order valence-corrected chi connectivity index (χ1v) is 10.8. The van der Waals surface area contributed by atoms with Gasteiger partial charge >= 0.3 is 0 Å². The fourth-order valence-electron chi connectivity index (χ4n) is 3.77. The van der Waals surface area contributed by atoms with Crippen molar-refractivity contribution in [2.75, 3.05) is 0 Å². The first kappa shape index (κ1) is 21.2. The Morgan fingerprint density at radius 2 is 1.71 bits per heavy atom. The molecular formula is C25H21N7O2. The van der Waals surface area contributed by atoms with E-state index < -0.39 is 5.91 Å². The van der Waals surface area contributed by atoms with Gasteiger partial charge in [-0.2, -0.15) is 4.80 Å². The number of aryl methyl sites for hydroxylation is 1. The second kappa shape index (κ2) is 9.07. The molecule has 9 nitrogen and oxygen atoms in total. The topological polar surface area (TPSA) is 111 Å². The van der Waals surface area contributed by atoms with E-state index in [1.165, 1.54) is 4.80 Å². The average Bonchev–Trinajstić information content (AvgIpc) is 3.45. The molecule has 9 heteroatoms. The zero-order valence-electron chi connectivity index (χ0n) is 18.4. The second-order valence-corrected chi connectivity index (χ2v) is 7.65. The first-order chi connectivity index (χ1) is 16.6. The Balaban J connectivity index is 1.30. The standard InChI is InChI=1S/C25H21N7O2/c1-2-31-21-11-7-6-10-20(21)22(25(31)34)26-28-24(33)19-14-12-17(13-15-19)16-32-29-23(27-30-32)18-8-4-3-5-9-18/h3-15,34H,2,16H2,1H3. The van der Waals surface area contributed by atoms with E-state index in [0.29, 0.717) is 24.5 Å². The molecule has 2 aromatic heterocycles. The third-order valence-corrected chi connectivity index (χ3v) is 5.48. The molecule has 5 rings (SSSR count). The van der Waals surface area contributed by atoms with Crippen LogP contribution in [-0.2, 0) is 13.1 Å². The SMILES string of the molecule is CCn1c(O)c(N=NC(=O)c2ccc(Cn3nnc(-c4ccccc4)n3)cc2)c2ccccc21. The van der Waals surface area contributed by atoms with Crippen LogP contribution < -0.4 is 0 Å². The molecule has 1 N–H and O–H groups in total. The Labute approximate surface area is 195 Å². The zero-order valence-corrected chi connectivity index (χ0v) is 18.4. The average molecular weight is 451 g/mol. The number of azo groups is 1. The number of rotatable bonds is 6. The van der Waals surface area contributed by atoms with Crippen LogP contribution in [-0.4, -0.2) is 35.8 Å². The van der Waals surface area contributed by atoms with Gasteiger partial charge in [-0.05, 0) is 35.9 Å². The number of nitrogens with zero attached hydrogens (tertiary/aromatic N) is 7. The molecule has 2 heterocycles. The van der Waals surface area contributed by atoms with E-state index in [2.05, 4.69) is 25.6 Å². The fraction of sp³-hybridized carbons (Fsp3) is 0.120. The predicted octanol–water partition coefficient (Wildman–Crippen LogP) is 4.99. The van der Waals surface area contributed by atoms with E-state index >= 15 is 0 Å². The normalized spacial score (nSPS) is 11.4. The number of carbonyl (C=O) groups is 1. The van der Waals surface area contributed by atoms with Crippen LogP contribution >= 0.6 is 0 Å². The first-order valence-electron chi connectivity index (χ1n) is 10.8. The van der Waals surface area contributed by atoms with Crippen LogP contribution in [0.4, 0.5) is 5.69 Å². The number of benzene rings is 3. The van der Waals surface area contributed by atoms with Crippen LogP contribution in [0.2, 0.25) is 0 Å². The molecule has 0 aliphatic heterocycles. The van der Waals surface area contributed by atoms with Crippen molar-refractivity contribution in [3.05, 3.63) is 90.0 Å². The van der Waals surface area contributed by atoms with Crippen LogP contribution in [0.1, 0.15) is 22.8 Å². The summed E-state index contributed by atoms with van der Waals surface area (Å²) < 4.78 is 1.73. The van der Waals surface area contributed by atoms with E-state index in [4.69, 9.17) is 0 Å². The summed E-state index contributed by atoms with van der Waals surface area (Å²) in [7, 11) is 0. The minimum atomic E-state index is -0.496. The van der Waals surface area contributed by atoms with Crippen molar-refractivity contribution in [1.82, 2.24) is 24.8 Å². The highest BCUT2D eigenvalue weighted by atomic mass is 16.3. The molecule has 1 amide bonds. The Kier molecular flexibility index (Phi) is 5.65. The van der Waals surface area contributed by atoms with Crippen molar-refractivity contribution in [2.45, 2.75) is 20.0 Å². The number of amides is 1. The fourth-order valence-corrected chi connectivity index (χ4v) is 3.77. The van der Waals surface area contributed by atoms with Gasteiger partial charge < -0.3 is 9.67 Å². The zero-order chi connectivity index (χ0) is 23.5. The lowest BCUT2D eigenvalue weighted by atomic mass is 10.1. The number of aromatic hydroxyl groups is 1. The monoisotopic (exact) mass is 451 g/mol. The van der Waals surface area contributed by atoms with Gasteiger partial charge in [0.25, 0.3) is 5.91 Å². The summed E-state index contributed by atoms with van der Waals surface area (Å²) in [5.41, 5.74) is 3.32. The quantitative estimate of drug-likeness (QED) is 0.366. The lowest BCUT2D eigenvalue weighted by Gasteiger charge is -2.01. The van der Waals surface area contributed by atoms with Gasteiger partial charge in [-0.25, -0.2) is 0 Å². The molecule has 0 aliphatic carbocycles. The lowest BCUT2D eigenvalue weighted by Crippen LogP contribution is -2.04. The van der Waals surface area contributed by atoms with E-state index in [9.17, 15) is 9.90 Å². The number of carbonyl (C=O) groups excluding carboxylic acids is 1. The van der Waals surface area contributed by atoms with Crippen molar-refractivity contribution in [3.8, 4) is 17.3 Å². The number of hydrogen-bond acceptors (Lipinski definition) is 6. The lowest BCUT2D eigenvalue weighted by molar-refractivity contribution is 0.0995.